The predicted octanol–water partition coefficient (Wildman–Crippen LogP) is 2.59. The van der Waals surface area contributed by atoms with Crippen LogP contribution < -0.4 is 16.0 Å². The van der Waals surface area contributed by atoms with Gasteiger partial charge in [0, 0.05) is 30.9 Å². The van der Waals surface area contributed by atoms with Crippen molar-refractivity contribution in [1.82, 2.24) is 10.2 Å². The van der Waals surface area contributed by atoms with E-state index in [1.807, 2.05) is 12.1 Å². The average Bonchev–Trinajstić information content (AvgIpc) is 3.18. The van der Waals surface area contributed by atoms with Crippen molar-refractivity contribution in [1.29, 1.82) is 0 Å². The molecule has 2 heterocycles. The molecule has 11 heteroatoms. The Morgan fingerprint density at radius 3 is 2.51 bits per heavy atom. The summed E-state index contributed by atoms with van der Waals surface area (Å²) in [5.41, 5.74) is 2.25. The highest BCUT2D eigenvalue weighted by molar-refractivity contribution is 6.25. The third kappa shape index (κ3) is 6.61. The molecule has 4 amide bonds. The molecule has 3 N–H and O–H groups in total. The molecule has 2 aliphatic rings. The van der Waals surface area contributed by atoms with Crippen LogP contribution in [0, 0.1) is 0 Å². The maximum Gasteiger partial charge on any atom is 0.338 e. The van der Waals surface area contributed by atoms with Gasteiger partial charge in [0.05, 0.1) is 29.9 Å². The largest absolute Gasteiger partial charge is 0.460 e. The SMILES string of the molecule is CCCCNc1ccc(C(=O)OCCOCCNc2cccc3c2C(=O)N(C2CCC(=O)NC2=O)C3=O)cc1. The van der Waals surface area contributed by atoms with Gasteiger partial charge in [-0.15, -0.1) is 0 Å². The third-order valence-electron chi connectivity index (χ3n) is 6.47. The smallest absolute Gasteiger partial charge is 0.338 e. The van der Waals surface area contributed by atoms with Gasteiger partial charge in [-0.1, -0.05) is 19.4 Å². The zero-order chi connectivity index (χ0) is 27.8. The number of benzene rings is 2. The lowest BCUT2D eigenvalue weighted by molar-refractivity contribution is -0.136. The summed E-state index contributed by atoms with van der Waals surface area (Å²) < 4.78 is 10.8. The number of piperidine rings is 1. The van der Waals surface area contributed by atoms with Gasteiger partial charge < -0.3 is 20.1 Å². The molecule has 1 saturated heterocycles. The summed E-state index contributed by atoms with van der Waals surface area (Å²) in [7, 11) is 0. The molecular formula is C28H32N4O7. The minimum absolute atomic E-state index is 0.0600. The summed E-state index contributed by atoms with van der Waals surface area (Å²) in [6.07, 6.45) is 2.34. The minimum Gasteiger partial charge on any atom is -0.460 e. The molecule has 2 aliphatic heterocycles. The monoisotopic (exact) mass is 536 g/mol. The van der Waals surface area contributed by atoms with E-state index >= 15 is 0 Å². The van der Waals surface area contributed by atoms with Crippen LogP contribution in [0.2, 0.25) is 0 Å². The van der Waals surface area contributed by atoms with Gasteiger partial charge in [-0.05, 0) is 49.2 Å². The van der Waals surface area contributed by atoms with Crippen molar-refractivity contribution in [2.24, 2.45) is 0 Å². The van der Waals surface area contributed by atoms with Gasteiger partial charge >= 0.3 is 5.97 Å². The molecule has 39 heavy (non-hydrogen) atoms. The standard InChI is InChI=1S/C28H32N4O7/c1-2-3-13-29-19-9-7-18(8-10-19)28(37)39-17-16-38-15-14-30-21-6-4-5-20-24(21)27(36)32(26(20)35)22-11-12-23(33)31-25(22)34/h4-10,22,29-30H,2-3,11-17H2,1H3,(H,31,33,34). The second-order valence-electron chi connectivity index (χ2n) is 9.21. The van der Waals surface area contributed by atoms with Crippen molar-refractivity contribution in [3.63, 3.8) is 0 Å². The number of ether oxygens (including phenoxy) is 2. The predicted molar refractivity (Wildman–Crippen MR) is 143 cm³/mol. The Morgan fingerprint density at radius 2 is 1.77 bits per heavy atom. The molecule has 206 valence electrons. The fraction of sp³-hybridized carbons (Fsp3) is 0.393. The van der Waals surface area contributed by atoms with E-state index < -0.39 is 35.6 Å². The third-order valence-corrected chi connectivity index (χ3v) is 6.47. The topological polar surface area (TPSA) is 143 Å². The second-order valence-corrected chi connectivity index (χ2v) is 9.21. The van der Waals surface area contributed by atoms with Crippen LogP contribution in [0.25, 0.3) is 0 Å². The zero-order valence-corrected chi connectivity index (χ0v) is 21.8. The number of esters is 1. The van der Waals surface area contributed by atoms with Crippen LogP contribution in [0.15, 0.2) is 42.5 Å². The van der Waals surface area contributed by atoms with E-state index in [2.05, 4.69) is 22.9 Å². The lowest BCUT2D eigenvalue weighted by atomic mass is 10.0. The van der Waals surface area contributed by atoms with Gasteiger partial charge in [-0.2, -0.15) is 0 Å². The fourth-order valence-electron chi connectivity index (χ4n) is 4.43. The highest BCUT2D eigenvalue weighted by Crippen LogP contribution is 2.32. The fourth-order valence-corrected chi connectivity index (χ4v) is 4.43. The van der Waals surface area contributed by atoms with Crippen LogP contribution in [0.4, 0.5) is 11.4 Å². The normalized spacial score (nSPS) is 16.6. The summed E-state index contributed by atoms with van der Waals surface area (Å²) in [5.74, 6) is -2.64. The molecule has 0 saturated carbocycles. The Bertz CT molecular complexity index is 1240. The number of carbonyl (C=O) groups excluding carboxylic acids is 5. The lowest BCUT2D eigenvalue weighted by Gasteiger charge is -2.27. The van der Waals surface area contributed by atoms with E-state index in [4.69, 9.17) is 9.47 Å². The quantitative estimate of drug-likeness (QED) is 0.200. The maximum absolute atomic E-state index is 13.1. The van der Waals surface area contributed by atoms with Crippen LogP contribution in [-0.2, 0) is 19.1 Å². The molecule has 0 aliphatic carbocycles. The Kier molecular flexibility index (Phi) is 9.27. The van der Waals surface area contributed by atoms with E-state index in [9.17, 15) is 24.0 Å². The van der Waals surface area contributed by atoms with Gasteiger partial charge in [-0.3, -0.25) is 29.4 Å². The number of carbonyl (C=O) groups is 5. The molecule has 4 rings (SSSR count). The number of fused-ring (bicyclic) bond motifs is 1. The number of amides is 4. The van der Waals surface area contributed by atoms with Crippen LogP contribution in [0.3, 0.4) is 0 Å². The molecule has 0 radical (unpaired) electrons. The van der Waals surface area contributed by atoms with Gasteiger partial charge in [0.2, 0.25) is 11.8 Å². The van der Waals surface area contributed by atoms with Crippen molar-refractivity contribution in [2.75, 3.05) is 43.5 Å². The van der Waals surface area contributed by atoms with Gasteiger partial charge in [-0.25, -0.2) is 4.79 Å². The number of hydrogen-bond acceptors (Lipinski definition) is 9. The molecule has 0 spiro atoms. The van der Waals surface area contributed by atoms with E-state index in [1.165, 1.54) is 6.07 Å². The summed E-state index contributed by atoms with van der Waals surface area (Å²) in [4.78, 5) is 62.9. The Balaban J connectivity index is 1.20. The summed E-state index contributed by atoms with van der Waals surface area (Å²) >= 11 is 0. The Morgan fingerprint density at radius 1 is 0.974 bits per heavy atom. The van der Waals surface area contributed by atoms with Crippen molar-refractivity contribution in [2.45, 2.75) is 38.6 Å². The minimum atomic E-state index is -1.02. The molecule has 0 bridgehead atoms. The molecule has 2 aromatic carbocycles. The first-order valence-corrected chi connectivity index (χ1v) is 13.1. The molecule has 2 aromatic rings. The summed E-state index contributed by atoms with van der Waals surface area (Å²) in [5, 5.41) is 8.57. The van der Waals surface area contributed by atoms with Crippen molar-refractivity contribution in [3.8, 4) is 0 Å². The lowest BCUT2D eigenvalue weighted by Crippen LogP contribution is -2.54. The first-order chi connectivity index (χ1) is 18.9. The number of imide groups is 2. The molecule has 11 nitrogen and oxygen atoms in total. The van der Waals surface area contributed by atoms with E-state index in [0.717, 1.165) is 30.0 Å². The van der Waals surface area contributed by atoms with Crippen LogP contribution >= 0.6 is 0 Å². The van der Waals surface area contributed by atoms with Crippen molar-refractivity contribution in [3.05, 3.63) is 59.2 Å². The van der Waals surface area contributed by atoms with Crippen molar-refractivity contribution >= 4 is 41.0 Å². The van der Waals surface area contributed by atoms with Crippen LogP contribution in [-0.4, -0.2) is 73.4 Å². The summed E-state index contributed by atoms with van der Waals surface area (Å²) in [6, 6.07) is 11.0. The van der Waals surface area contributed by atoms with E-state index in [-0.39, 0.29) is 43.8 Å². The molecule has 1 unspecified atom stereocenters. The van der Waals surface area contributed by atoms with Crippen LogP contribution in [0.5, 0.6) is 0 Å². The summed E-state index contributed by atoms with van der Waals surface area (Å²) in [6.45, 7) is 3.88. The van der Waals surface area contributed by atoms with E-state index in [1.54, 1.807) is 24.3 Å². The molecular weight excluding hydrogens is 504 g/mol. The molecule has 1 atom stereocenters. The van der Waals surface area contributed by atoms with Gasteiger partial charge in [0.1, 0.15) is 12.6 Å². The highest BCUT2D eigenvalue weighted by Gasteiger charge is 2.45. The number of unbranched alkanes of at least 4 members (excludes halogenated alkanes) is 1. The van der Waals surface area contributed by atoms with E-state index in [0.29, 0.717) is 17.8 Å². The number of anilines is 2. The average molecular weight is 537 g/mol. The number of hydrogen-bond donors (Lipinski definition) is 3. The number of nitrogens with one attached hydrogen (secondary N) is 3. The molecule has 0 aromatic heterocycles. The highest BCUT2D eigenvalue weighted by atomic mass is 16.6. The maximum atomic E-state index is 13.1. The Hall–Kier alpha value is -4.25. The number of rotatable bonds is 13. The molecule has 1 fully saturated rings. The van der Waals surface area contributed by atoms with Gasteiger partial charge in [0.15, 0.2) is 0 Å². The van der Waals surface area contributed by atoms with Crippen molar-refractivity contribution < 1.29 is 33.4 Å². The second kappa shape index (κ2) is 13.0. The first kappa shape index (κ1) is 27.8. The van der Waals surface area contributed by atoms with Gasteiger partial charge in [0.25, 0.3) is 11.8 Å². The first-order valence-electron chi connectivity index (χ1n) is 13.1. The van der Waals surface area contributed by atoms with Crippen LogP contribution in [0.1, 0.15) is 63.7 Å². The Labute approximate surface area is 226 Å². The number of nitrogens with zero attached hydrogens (tertiary/aromatic N) is 1. The zero-order valence-electron chi connectivity index (χ0n) is 21.8.